The largest absolute Gasteiger partial charge is 0.493 e. The number of pyridine rings is 1. The number of halogens is 1. The number of carbonyl (C=O) groups is 2. The molecule has 2 aromatic rings. The molecule has 1 heterocycles. The summed E-state index contributed by atoms with van der Waals surface area (Å²) in [4.78, 5) is 27.3. The lowest BCUT2D eigenvalue weighted by Gasteiger charge is -2.11. The molecule has 1 N–H and O–H groups in total. The van der Waals surface area contributed by atoms with Gasteiger partial charge in [0.1, 0.15) is 6.61 Å². The fourth-order valence-electron chi connectivity index (χ4n) is 1.88. The zero-order chi connectivity index (χ0) is 18.1. The molecule has 1 aromatic heterocycles. The van der Waals surface area contributed by atoms with Crippen LogP contribution in [0, 0.1) is 0 Å². The summed E-state index contributed by atoms with van der Waals surface area (Å²) in [6.07, 6.45) is 2.91. The number of rotatable bonds is 8. The highest BCUT2D eigenvalue weighted by Crippen LogP contribution is 2.25. The average Bonchev–Trinajstić information content (AvgIpc) is 2.63. The van der Waals surface area contributed by atoms with Crippen LogP contribution in [-0.4, -0.2) is 43.7 Å². The van der Waals surface area contributed by atoms with Crippen molar-refractivity contribution in [2.24, 2.45) is 0 Å². The maximum atomic E-state index is 11.8. The van der Waals surface area contributed by atoms with Gasteiger partial charge in [0.2, 0.25) is 0 Å². The zero-order valence-electron chi connectivity index (χ0n) is 13.5. The van der Waals surface area contributed by atoms with Gasteiger partial charge < -0.3 is 19.5 Å². The lowest BCUT2D eigenvalue weighted by atomic mass is 10.3. The first kappa shape index (κ1) is 18.7. The van der Waals surface area contributed by atoms with Crippen molar-refractivity contribution in [3.63, 3.8) is 0 Å². The summed E-state index contributed by atoms with van der Waals surface area (Å²) < 4.78 is 16.3. The van der Waals surface area contributed by atoms with Gasteiger partial charge in [0, 0.05) is 16.9 Å². The molecule has 132 valence electrons. The summed E-state index contributed by atoms with van der Waals surface area (Å²) in [5.41, 5.74) is 0.265. The molecular formula is C17H17BrN2O5. The second-order valence-electron chi connectivity index (χ2n) is 4.82. The van der Waals surface area contributed by atoms with Gasteiger partial charge in [-0.2, -0.15) is 0 Å². The van der Waals surface area contributed by atoms with E-state index in [0.717, 1.165) is 0 Å². The topological polar surface area (TPSA) is 86.8 Å². The molecule has 0 saturated carbocycles. The number of nitrogens with one attached hydrogen (secondary N) is 1. The predicted molar refractivity (Wildman–Crippen MR) is 93.7 cm³/mol. The number of hydrogen-bond acceptors (Lipinski definition) is 6. The lowest BCUT2D eigenvalue weighted by molar-refractivity contribution is -0.124. The number of benzene rings is 1. The third-order valence-corrected chi connectivity index (χ3v) is 3.46. The van der Waals surface area contributed by atoms with Gasteiger partial charge in [0.25, 0.3) is 5.91 Å². The van der Waals surface area contributed by atoms with Gasteiger partial charge in [-0.3, -0.25) is 9.78 Å². The van der Waals surface area contributed by atoms with Crippen molar-refractivity contribution >= 4 is 27.8 Å². The van der Waals surface area contributed by atoms with E-state index in [0.29, 0.717) is 16.0 Å². The minimum Gasteiger partial charge on any atom is -0.493 e. The summed E-state index contributed by atoms with van der Waals surface area (Å²) in [5, 5.41) is 2.60. The van der Waals surface area contributed by atoms with Crippen molar-refractivity contribution in [3.05, 3.63) is 52.8 Å². The average molecular weight is 409 g/mol. The molecule has 0 aliphatic heterocycles. The van der Waals surface area contributed by atoms with E-state index in [1.165, 1.54) is 6.20 Å². The smallest absolute Gasteiger partial charge is 0.340 e. The quantitative estimate of drug-likeness (QED) is 0.532. The van der Waals surface area contributed by atoms with E-state index < -0.39 is 11.9 Å². The summed E-state index contributed by atoms with van der Waals surface area (Å²) in [5.74, 6) is 0.173. The summed E-state index contributed by atoms with van der Waals surface area (Å²) in [7, 11) is 1.55. The molecule has 7 nitrogen and oxygen atoms in total. The van der Waals surface area contributed by atoms with Gasteiger partial charge in [-0.25, -0.2) is 4.79 Å². The molecular weight excluding hydrogens is 392 g/mol. The molecule has 0 aliphatic rings. The van der Waals surface area contributed by atoms with Gasteiger partial charge in [-0.15, -0.1) is 0 Å². The number of carbonyl (C=O) groups excluding carboxylic acids is 2. The highest BCUT2D eigenvalue weighted by Gasteiger charge is 2.11. The normalized spacial score (nSPS) is 10.0. The highest BCUT2D eigenvalue weighted by molar-refractivity contribution is 9.10. The lowest BCUT2D eigenvalue weighted by Crippen LogP contribution is -2.32. The van der Waals surface area contributed by atoms with E-state index in [-0.39, 0.29) is 25.3 Å². The number of ether oxygens (including phenoxy) is 3. The van der Waals surface area contributed by atoms with Gasteiger partial charge in [0.15, 0.2) is 18.1 Å². The molecule has 1 aromatic carbocycles. The molecule has 25 heavy (non-hydrogen) atoms. The number of methoxy groups -OCH3 is 1. The number of para-hydroxylation sites is 2. The summed E-state index contributed by atoms with van der Waals surface area (Å²) >= 11 is 3.21. The first-order valence-electron chi connectivity index (χ1n) is 7.40. The van der Waals surface area contributed by atoms with Crippen LogP contribution in [0.5, 0.6) is 11.5 Å². The molecule has 0 fully saturated rings. The summed E-state index contributed by atoms with van der Waals surface area (Å²) in [6.45, 7) is 0.155. The van der Waals surface area contributed by atoms with Gasteiger partial charge in [-0.05, 0) is 34.1 Å². The minimum absolute atomic E-state index is 0.260. The van der Waals surface area contributed by atoms with E-state index in [4.69, 9.17) is 14.2 Å². The van der Waals surface area contributed by atoms with Crippen LogP contribution in [0.3, 0.4) is 0 Å². The SMILES string of the molecule is COc1ccccc1OCCNC(=O)COC(=O)c1cncc(Br)c1. The molecule has 0 radical (unpaired) electrons. The van der Waals surface area contributed by atoms with Crippen molar-refractivity contribution in [2.75, 3.05) is 26.9 Å². The van der Waals surface area contributed by atoms with Crippen LogP contribution in [0.2, 0.25) is 0 Å². The summed E-state index contributed by atoms with van der Waals surface area (Å²) in [6, 6.07) is 8.78. The molecule has 0 aliphatic carbocycles. The maximum Gasteiger partial charge on any atom is 0.340 e. The van der Waals surface area contributed by atoms with E-state index >= 15 is 0 Å². The van der Waals surface area contributed by atoms with Crippen molar-refractivity contribution in [3.8, 4) is 11.5 Å². The van der Waals surface area contributed by atoms with Crippen molar-refractivity contribution < 1.29 is 23.8 Å². The third-order valence-electron chi connectivity index (χ3n) is 3.03. The van der Waals surface area contributed by atoms with E-state index in [9.17, 15) is 9.59 Å². The molecule has 0 bridgehead atoms. The molecule has 8 heteroatoms. The van der Waals surface area contributed by atoms with E-state index in [2.05, 4.69) is 26.2 Å². The predicted octanol–water partition coefficient (Wildman–Crippen LogP) is 2.20. The number of amides is 1. The molecule has 1 amide bonds. The Morgan fingerprint density at radius 2 is 1.96 bits per heavy atom. The first-order valence-corrected chi connectivity index (χ1v) is 8.19. The Balaban J connectivity index is 1.68. The fraction of sp³-hybridized carbons (Fsp3) is 0.235. The second kappa shape index (κ2) is 9.63. The molecule has 0 spiro atoms. The number of aromatic nitrogens is 1. The molecule has 0 atom stereocenters. The minimum atomic E-state index is -0.616. The monoisotopic (exact) mass is 408 g/mol. The van der Waals surface area contributed by atoms with Crippen LogP contribution in [0.25, 0.3) is 0 Å². The zero-order valence-corrected chi connectivity index (χ0v) is 15.1. The third kappa shape index (κ3) is 6.07. The Labute approximate surface area is 153 Å². The Morgan fingerprint density at radius 3 is 2.68 bits per heavy atom. The van der Waals surface area contributed by atoms with Crippen molar-refractivity contribution in [1.82, 2.24) is 10.3 Å². The van der Waals surface area contributed by atoms with Gasteiger partial charge in [0.05, 0.1) is 19.2 Å². The van der Waals surface area contributed by atoms with Crippen LogP contribution >= 0.6 is 15.9 Å². The van der Waals surface area contributed by atoms with E-state index in [1.807, 2.05) is 12.1 Å². The standard InChI is InChI=1S/C17H17BrN2O5/c1-23-14-4-2-3-5-15(14)24-7-6-20-16(21)11-25-17(22)12-8-13(18)10-19-9-12/h2-5,8-10H,6-7,11H2,1H3,(H,20,21). The molecule has 0 saturated heterocycles. The van der Waals surface area contributed by atoms with Crippen molar-refractivity contribution in [1.29, 1.82) is 0 Å². The number of esters is 1. The van der Waals surface area contributed by atoms with Crippen LogP contribution < -0.4 is 14.8 Å². The Bertz CT molecular complexity index is 738. The van der Waals surface area contributed by atoms with Gasteiger partial charge in [-0.1, -0.05) is 12.1 Å². The second-order valence-corrected chi connectivity index (χ2v) is 5.73. The van der Waals surface area contributed by atoms with Crippen LogP contribution in [0.15, 0.2) is 47.2 Å². The Kier molecular flexibility index (Phi) is 7.21. The van der Waals surface area contributed by atoms with Crippen LogP contribution in [0.4, 0.5) is 0 Å². The molecule has 2 rings (SSSR count). The highest BCUT2D eigenvalue weighted by atomic mass is 79.9. The first-order chi connectivity index (χ1) is 12.1. The maximum absolute atomic E-state index is 11.8. The van der Waals surface area contributed by atoms with Crippen molar-refractivity contribution in [2.45, 2.75) is 0 Å². The Morgan fingerprint density at radius 1 is 1.20 bits per heavy atom. The van der Waals surface area contributed by atoms with Gasteiger partial charge >= 0.3 is 5.97 Å². The Hall–Kier alpha value is -2.61. The van der Waals surface area contributed by atoms with E-state index in [1.54, 1.807) is 31.5 Å². The van der Waals surface area contributed by atoms with Crippen LogP contribution in [0.1, 0.15) is 10.4 Å². The number of nitrogens with zero attached hydrogens (tertiary/aromatic N) is 1. The fourth-order valence-corrected chi connectivity index (χ4v) is 2.24. The number of hydrogen-bond donors (Lipinski definition) is 1. The van der Waals surface area contributed by atoms with Crippen LogP contribution in [-0.2, 0) is 9.53 Å². The molecule has 0 unspecified atom stereocenters.